The summed E-state index contributed by atoms with van der Waals surface area (Å²) >= 11 is 0. The molecule has 4 rings (SSSR count). The summed E-state index contributed by atoms with van der Waals surface area (Å²) in [6.45, 7) is 2.58. The topological polar surface area (TPSA) is 175 Å². The Balaban J connectivity index is 0.000000316. The number of hydrogen-bond donors (Lipinski definition) is 4. The standard InChI is InChI=1S/C20H20F4N4O.C6H8O7/c1-12-8-18(20(22,23)24)28-19(25-12)10-16(26-28)17-4-3-7-27(17)11-13-5-6-14(29-2)9-15(13)21;7-3(8)1-6(13,5(11)12)2-4(9)10/h5-6,8-10,17H,3-4,7,11H2,1-2H3;13H,1-2H2,(H,7,8)(H,9,10)(H,11,12). The van der Waals surface area contributed by atoms with Gasteiger partial charge in [0, 0.05) is 29.9 Å². The number of aryl methyl sites for hydroxylation is 1. The van der Waals surface area contributed by atoms with Crippen LogP contribution < -0.4 is 4.74 Å². The number of methoxy groups -OCH3 is 1. The zero-order valence-corrected chi connectivity index (χ0v) is 22.4. The molecule has 228 valence electrons. The molecule has 42 heavy (non-hydrogen) atoms. The molecule has 0 amide bonds. The van der Waals surface area contributed by atoms with Gasteiger partial charge in [0.2, 0.25) is 0 Å². The molecule has 1 aliphatic rings. The monoisotopic (exact) mass is 600 g/mol. The summed E-state index contributed by atoms with van der Waals surface area (Å²) in [5, 5.41) is 38.0. The Morgan fingerprint density at radius 3 is 2.24 bits per heavy atom. The van der Waals surface area contributed by atoms with Crippen LogP contribution >= 0.6 is 0 Å². The van der Waals surface area contributed by atoms with Gasteiger partial charge in [-0.25, -0.2) is 18.7 Å². The minimum absolute atomic E-state index is 0.162. The van der Waals surface area contributed by atoms with Crippen molar-refractivity contribution in [2.45, 2.75) is 57.0 Å². The molecular weight excluding hydrogens is 572 g/mol. The average Bonchev–Trinajstić information content (AvgIpc) is 3.50. The molecule has 12 nitrogen and oxygen atoms in total. The number of likely N-dealkylation sites (tertiary alicyclic amines) is 1. The lowest BCUT2D eigenvalue weighted by Crippen LogP contribution is -2.42. The van der Waals surface area contributed by atoms with E-state index in [-0.39, 0.29) is 23.2 Å². The van der Waals surface area contributed by atoms with Crippen LogP contribution in [0.4, 0.5) is 17.6 Å². The minimum Gasteiger partial charge on any atom is -0.497 e. The normalized spacial score (nSPS) is 15.7. The summed E-state index contributed by atoms with van der Waals surface area (Å²) in [6.07, 6.45) is -5.23. The van der Waals surface area contributed by atoms with Crippen LogP contribution in [-0.4, -0.2) is 77.1 Å². The summed E-state index contributed by atoms with van der Waals surface area (Å²) in [5.41, 5.74) is -2.13. The number of benzene rings is 1. The van der Waals surface area contributed by atoms with Gasteiger partial charge in [0.15, 0.2) is 11.2 Å². The highest BCUT2D eigenvalue weighted by molar-refractivity contribution is 5.88. The molecule has 0 saturated carbocycles. The fourth-order valence-corrected chi connectivity index (χ4v) is 4.55. The molecule has 2 aromatic heterocycles. The highest BCUT2D eigenvalue weighted by Crippen LogP contribution is 2.35. The molecule has 1 aromatic carbocycles. The molecule has 0 bridgehead atoms. The van der Waals surface area contributed by atoms with E-state index in [1.807, 2.05) is 4.90 Å². The number of alkyl halides is 3. The summed E-state index contributed by atoms with van der Waals surface area (Å²) in [7, 11) is 1.47. The first-order chi connectivity index (χ1) is 19.5. The molecule has 4 N–H and O–H groups in total. The third-order valence-corrected chi connectivity index (χ3v) is 6.49. The van der Waals surface area contributed by atoms with Gasteiger partial charge in [-0.1, -0.05) is 6.07 Å². The number of halogens is 4. The van der Waals surface area contributed by atoms with E-state index in [4.69, 9.17) is 25.2 Å². The quantitative estimate of drug-likeness (QED) is 0.265. The van der Waals surface area contributed by atoms with Crippen molar-refractivity contribution < 1.29 is 57.1 Å². The van der Waals surface area contributed by atoms with Gasteiger partial charge >= 0.3 is 24.1 Å². The molecule has 0 aliphatic carbocycles. The fraction of sp³-hybridized carbons (Fsp3) is 0.423. The Kier molecular flexibility index (Phi) is 9.73. The number of aliphatic hydroxyl groups is 1. The molecule has 0 radical (unpaired) electrons. The first-order valence-electron chi connectivity index (χ1n) is 12.4. The van der Waals surface area contributed by atoms with Crippen LogP contribution in [0.2, 0.25) is 0 Å². The number of hydrogen-bond acceptors (Lipinski definition) is 8. The molecule has 0 spiro atoms. The van der Waals surface area contributed by atoms with Crippen molar-refractivity contribution in [1.29, 1.82) is 0 Å². The van der Waals surface area contributed by atoms with Crippen LogP contribution in [0.5, 0.6) is 5.75 Å². The van der Waals surface area contributed by atoms with Gasteiger partial charge in [-0.05, 0) is 38.4 Å². The van der Waals surface area contributed by atoms with Crippen molar-refractivity contribution in [2.24, 2.45) is 0 Å². The van der Waals surface area contributed by atoms with Crippen LogP contribution in [-0.2, 0) is 27.1 Å². The van der Waals surface area contributed by atoms with Crippen molar-refractivity contribution in [3.8, 4) is 5.75 Å². The Morgan fingerprint density at radius 2 is 1.71 bits per heavy atom. The van der Waals surface area contributed by atoms with E-state index in [0.717, 1.165) is 23.4 Å². The number of fused-ring (bicyclic) bond motifs is 1. The van der Waals surface area contributed by atoms with E-state index in [1.54, 1.807) is 18.2 Å². The maximum Gasteiger partial charge on any atom is 0.433 e. The highest BCUT2D eigenvalue weighted by atomic mass is 19.4. The van der Waals surface area contributed by atoms with E-state index < -0.39 is 48.2 Å². The van der Waals surface area contributed by atoms with E-state index in [9.17, 15) is 31.9 Å². The first-order valence-corrected chi connectivity index (χ1v) is 12.4. The molecule has 1 unspecified atom stereocenters. The lowest BCUT2D eigenvalue weighted by molar-refractivity contribution is -0.170. The van der Waals surface area contributed by atoms with Crippen molar-refractivity contribution in [2.75, 3.05) is 13.7 Å². The summed E-state index contributed by atoms with van der Waals surface area (Å²) in [6, 6.07) is 7.07. The Labute approximate surface area is 235 Å². The zero-order valence-electron chi connectivity index (χ0n) is 22.4. The highest BCUT2D eigenvalue weighted by Gasteiger charge is 2.41. The van der Waals surface area contributed by atoms with Crippen LogP contribution in [0.1, 0.15) is 54.4 Å². The molecule has 16 heteroatoms. The Bertz CT molecular complexity index is 1460. The zero-order chi connectivity index (χ0) is 31.4. The van der Waals surface area contributed by atoms with E-state index >= 15 is 0 Å². The van der Waals surface area contributed by atoms with E-state index in [2.05, 4.69) is 10.1 Å². The smallest absolute Gasteiger partial charge is 0.433 e. The van der Waals surface area contributed by atoms with Gasteiger partial charge in [-0.15, -0.1) is 0 Å². The van der Waals surface area contributed by atoms with Crippen molar-refractivity contribution in [3.63, 3.8) is 0 Å². The number of nitrogens with zero attached hydrogens (tertiary/aromatic N) is 4. The summed E-state index contributed by atoms with van der Waals surface area (Å²) in [4.78, 5) is 36.7. The first kappa shape index (κ1) is 32.2. The van der Waals surface area contributed by atoms with Crippen molar-refractivity contribution >= 4 is 23.6 Å². The van der Waals surface area contributed by atoms with Gasteiger partial charge in [0.05, 0.1) is 31.7 Å². The average molecular weight is 601 g/mol. The van der Waals surface area contributed by atoms with Gasteiger partial charge in [-0.3, -0.25) is 14.5 Å². The Morgan fingerprint density at radius 1 is 1.07 bits per heavy atom. The Hall–Kier alpha value is -4.31. The van der Waals surface area contributed by atoms with Crippen LogP contribution in [0, 0.1) is 12.7 Å². The second kappa shape index (κ2) is 12.7. The van der Waals surface area contributed by atoms with Gasteiger partial charge in [0.1, 0.15) is 17.3 Å². The largest absolute Gasteiger partial charge is 0.497 e. The van der Waals surface area contributed by atoms with E-state index in [1.165, 1.54) is 20.1 Å². The van der Waals surface area contributed by atoms with Gasteiger partial charge in [0.25, 0.3) is 0 Å². The predicted molar refractivity (Wildman–Crippen MR) is 135 cm³/mol. The van der Waals surface area contributed by atoms with Crippen molar-refractivity contribution in [1.82, 2.24) is 19.5 Å². The third kappa shape index (κ3) is 7.70. The van der Waals surface area contributed by atoms with Gasteiger partial charge < -0.3 is 25.2 Å². The molecule has 1 fully saturated rings. The second-order valence-electron chi connectivity index (χ2n) is 9.68. The van der Waals surface area contributed by atoms with Crippen molar-refractivity contribution in [3.05, 3.63) is 58.8 Å². The predicted octanol–water partition coefficient (Wildman–Crippen LogP) is 3.29. The van der Waals surface area contributed by atoms with Crippen LogP contribution in [0.25, 0.3) is 5.65 Å². The molecule has 3 aromatic rings. The molecule has 3 heterocycles. The third-order valence-electron chi connectivity index (χ3n) is 6.49. The molecule has 1 atom stereocenters. The maximum absolute atomic E-state index is 14.4. The molecule has 1 aliphatic heterocycles. The SMILES string of the molecule is COc1ccc(CN2CCCC2c2cc3nc(C)cc(C(F)(F)F)n3n2)c(F)c1.O=C(O)CC(O)(CC(=O)O)C(=O)O. The van der Waals surface area contributed by atoms with Gasteiger partial charge in [-0.2, -0.15) is 18.3 Å². The second-order valence-corrected chi connectivity index (χ2v) is 9.68. The van der Waals surface area contributed by atoms with Crippen LogP contribution in [0.15, 0.2) is 30.3 Å². The van der Waals surface area contributed by atoms with E-state index in [0.29, 0.717) is 30.1 Å². The number of carboxylic acids is 3. The molecule has 1 saturated heterocycles. The summed E-state index contributed by atoms with van der Waals surface area (Å²) in [5.74, 6) is -4.96. The molecular formula is C26H28F4N4O8. The minimum atomic E-state index is -4.53. The number of carboxylic acid groups (broad SMARTS) is 3. The maximum atomic E-state index is 14.4. The number of aliphatic carboxylic acids is 3. The lowest BCUT2D eigenvalue weighted by Gasteiger charge is -2.23. The lowest BCUT2D eigenvalue weighted by atomic mass is 9.96. The summed E-state index contributed by atoms with van der Waals surface area (Å²) < 4.78 is 60.4. The number of carbonyl (C=O) groups is 3. The van der Waals surface area contributed by atoms with Crippen LogP contribution in [0.3, 0.4) is 0 Å². The number of aromatic nitrogens is 3. The fourth-order valence-electron chi connectivity index (χ4n) is 4.55. The number of rotatable bonds is 9. The number of ether oxygens (including phenoxy) is 1.